The van der Waals surface area contributed by atoms with E-state index in [1.165, 1.54) is 0 Å². The quantitative estimate of drug-likeness (QED) is 0.709. The van der Waals surface area contributed by atoms with Gasteiger partial charge in [-0.05, 0) is 59.0 Å². The highest BCUT2D eigenvalue weighted by molar-refractivity contribution is 5.75. The summed E-state index contributed by atoms with van der Waals surface area (Å²) >= 11 is 0. The van der Waals surface area contributed by atoms with Crippen molar-refractivity contribution in [3.8, 4) is 0 Å². The summed E-state index contributed by atoms with van der Waals surface area (Å²) in [6.45, 7) is 7.66. The second-order valence-electron chi connectivity index (χ2n) is 5.57. The second kappa shape index (κ2) is 5.64. The molecule has 0 bridgehead atoms. The fourth-order valence-corrected chi connectivity index (χ4v) is 1.95. The first kappa shape index (κ1) is 13.5. The number of ether oxygens (including phenoxy) is 1. The number of esters is 1. The van der Waals surface area contributed by atoms with Crippen molar-refractivity contribution in [3.63, 3.8) is 0 Å². The van der Waals surface area contributed by atoms with Crippen LogP contribution >= 0.6 is 0 Å². The maximum Gasteiger partial charge on any atom is 0.323 e. The van der Waals surface area contributed by atoms with Gasteiger partial charge in [-0.25, -0.2) is 0 Å². The van der Waals surface area contributed by atoms with Crippen molar-refractivity contribution in [3.05, 3.63) is 0 Å². The Bertz CT molecular complexity index is 230. The van der Waals surface area contributed by atoms with Gasteiger partial charge < -0.3 is 15.8 Å². The van der Waals surface area contributed by atoms with Gasteiger partial charge >= 0.3 is 5.97 Å². The van der Waals surface area contributed by atoms with E-state index in [0.717, 1.165) is 32.4 Å². The van der Waals surface area contributed by atoms with Crippen LogP contribution in [-0.2, 0) is 9.53 Å². The fraction of sp³-hybridized carbons (Fsp3) is 0.917. The van der Waals surface area contributed by atoms with Crippen molar-refractivity contribution in [2.45, 2.75) is 51.7 Å². The number of hydrogen-bond acceptors (Lipinski definition) is 4. The van der Waals surface area contributed by atoms with Crippen LogP contribution in [0.1, 0.15) is 40.0 Å². The minimum Gasteiger partial charge on any atom is -0.459 e. The molecule has 1 aliphatic heterocycles. The summed E-state index contributed by atoms with van der Waals surface area (Å²) < 4.78 is 5.26. The average Bonchev–Trinajstić information content (AvgIpc) is 2.16. The molecule has 4 heteroatoms. The van der Waals surface area contributed by atoms with E-state index in [1.807, 2.05) is 20.8 Å². The molecule has 0 aliphatic carbocycles. The molecule has 4 nitrogen and oxygen atoms in total. The zero-order valence-corrected chi connectivity index (χ0v) is 10.6. The summed E-state index contributed by atoms with van der Waals surface area (Å²) in [6, 6.07) is -0.470. The third kappa shape index (κ3) is 4.94. The van der Waals surface area contributed by atoms with Crippen molar-refractivity contribution >= 4 is 5.97 Å². The third-order valence-electron chi connectivity index (χ3n) is 2.76. The molecular formula is C12H24N2O2. The Hall–Kier alpha value is -0.610. The van der Waals surface area contributed by atoms with Crippen molar-refractivity contribution in [2.75, 3.05) is 13.1 Å². The normalized spacial score (nSPS) is 20.5. The van der Waals surface area contributed by atoms with Crippen LogP contribution in [0.15, 0.2) is 0 Å². The highest BCUT2D eigenvalue weighted by atomic mass is 16.6. The standard InChI is InChI=1S/C12H24N2O2/c1-12(2,3)16-11(15)10(13)8-9-4-6-14-7-5-9/h9-10,14H,4-8,13H2,1-3H3/t10-/m0/s1. The molecule has 0 aromatic heterocycles. The summed E-state index contributed by atoms with van der Waals surface area (Å²) in [4.78, 5) is 11.7. The van der Waals surface area contributed by atoms with Gasteiger partial charge in [0.1, 0.15) is 11.6 Å². The van der Waals surface area contributed by atoms with Crippen LogP contribution in [0.4, 0.5) is 0 Å². The van der Waals surface area contributed by atoms with Crippen molar-refractivity contribution in [2.24, 2.45) is 11.7 Å². The number of carbonyl (C=O) groups excluding carboxylic acids is 1. The summed E-state index contributed by atoms with van der Waals surface area (Å²) in [5, 5.41) is 3.30. The molecule has 0 aromatic rings. The summed E-state index contributed by atoms with van der Waals surface area (Å²) in [7, 11) is 0. The number of piperidine rings is 1. The van der Waals surface area contributed by atoms with Gasteiger partial charge in [-0.3, -0.25) is 4.79 Å². The molecule has 1 rings (SSSR count). The van der Waals surface area contributed by atoms with Crippen molar-refractivity contribution in [1.29, 1.82) is 0 Å². The van der Waals surface area contributed by atoms with E-state index in [0.29, 0.717) is 5.92 Å². The zero-order chi connectivity index (χ0) is 12.2. The Morgan fingerprint density at radius 2 is 2.00 bits per heavy atom. The molecule has 0 saturated carbocycles. The van der Waals surface area contributed by atoms with E-state index in [2.05, 4.69) is 5.32 Å². The third-order valence-corrected chi connectivity index (χ3v) is 2.76. The molecule has 1 saturated heterocycles. The molecule has 0 unspecified atom stereocenters. The van der Waals surface area contributed by atoms with E-state index in [-0.39, 0.29) is 5.97 Å². The fourth-order valence-electron chi connectivity index (χ4n) is 1.95. The van der Waals surface area contributed by atoms with Gasteiger partial charge in [-0.15, -0.1) is 0 Å². The SMILES string of the molecule is CC(C)(C)OC(=O)[C@@H](N)CC1CCNCC1. The smallest absolute Gasteiger partial charge is 0.323 e. The number of hydrogen-bond donors (Lipinski definition) is 2. The molecule has 0 aromatic carbocycles. The molecule has 1 fully saturated rings. The van der Waals surface area contributed by atoms with Crippen molar-refractivity contribution in [1.82, 2.24) is 5.32 Å². The molecule has 1 heterocycles. The summed E-state index contributed by atoms with van der Waals surface area (Å²) in [6.07, 6.45) is 2.96. The van der Waals surface area contributed by atoms with Crippen LogP contribution in [0.25, 0.3) is 0 Å². The highest BCUT2D eigenvalue weighted by Gasteiger charge is 2.25. The van der Waals surface area contributed by atoms with E-state index in [9.17, 15) is 4.79 Å². The minimum absolute atomic E-state index is 0.272. The van der Waals surface area contributed by atoms with Gasteiger partial charge in [0.05, 0.1) is 0 Å². The number of rotatable bonds is 3. The topological polar surface area (TPSA) is 64.3 Å². The maximum absolute atomic E-state index is 11.7. The lowest BCUT2D eigenvalue weighted by atomic mass is 9.91. The number of nitrogens with one attached hydrogen (secondary N) is 1. The van der Waals surface area contributed by atoms with Crippen LogP contribution < -0.4 is 11.1 Å². The van der Waals surface area contributed by atoms with Gasteiger partial charge in [-0.1, -0.05) is 0 Å². The molecule has 1 aliphatic rings. The monoisotopic (exact) mass is 228 g/mol. The number of nitrogens with two attached hydrogens (primary N) is 1. The number of carbonyl (C=O) groups is 1. The van der Waals surface area contributed by atoms with Crippen LogP contribution in [0.5, 0.6) is 0 Å². The van der Waals surface area contributed by atoms with Gasteiger partial charge in [-0.2, -0.15) is 0 Å². The highest BCUT2D eigenvalue weighted by Crippen LogP contribution is 2.18. The van der Waals surface area contributed by atoms with Crippen LogP contribution in [-0.4, -0.2) is 30.7 Å². The van der Waals surface area contributed by atoms with E-state index in [4.69, 9.17) is 10.5 Å². The lowest BCUT2D eigenvalue weighted by Gasteiger charge is -2.26. The Morgan fingerprint density at radius 1 is 1.44 bits per heavy atom. The zero-order valence-electron chi connectivity index (χ0n) is 10.6. The summed E-state index contributed by atoms with van der Waals surface area (Å²) in [5.74, 6) is 0.287. The Morgan fingerprint density at radius 3 is 2.50 bits per heavy atom. The second-order valence-corrected chi connectivity index (χ2v) is 5.57. The van der Waals surface area contributed by atoms with Gasteiger partial charge in [0, 0.05) is 0 Å². The maximum atomic E-state index is 11.7. The minimum atomic E-state index is -0.470. The Labute approximate surface area is 97.9 Å². The molecular weight excluding hydrogens is 204 g/mol. The van der Waals surface area contributed by atoms with Crippen LogP contribution in [0.2, 0.25) is 0 Å². The predicted molar refractivity (Wildman–Crippen MR) is 64.0 cm³/mol. The van der Waals surface area contributed by atoms with Gasteiger partial charge in [0.25, 0.3) is 0 Å². The largest absolute Gasteiger partial charge is 0.459 e. The molecule has 16 heavy (non-hydrogen) atoms. The first-order valence-electron chi connectivity index (χ1n) is 6.07. The lowest BCUT2D eigenvalue weighted by molar-refractivity contribution is -0.157. The molecule has 3 N–H and O–H groups in total. The summed E-state index contributed by atoms with van der Waals surface area (Å²) in [5.41, 5.74) is 5.42. The van der Waals surface area contributed by atoms with E-state index in [1.54, 1.807) is 0 Å². The molecule has 94 valence electrons. The van der Waals surface area contributed by atoms with Crippen LogP contribution in [0.3, 0.4) is 0 Å². The Balaban J connectivity index is 2.33. The van der Waals surface area contributed by atoms with Crippen molar-refractivity contribution < 1.29 is 9.53 Å². The van der Waals surface area contributed by atoms with Gasteiger partial charge in [0.2, 0.25) is 0 Å². The molecule has 0 spiro atoms. The molecule has 0 radical (unpaired) electrons. The first-order valence-corrected chi connectivity index (χ1v) is 6.07. The van der Waals surface area contributed by atoms with Gasteiger partial charge in [0.15, 0.2) is 0 Å². The van der Waals surface area contributed by atoms with Crippen LogP contribution in [0, 0.1) is 5.92 Å². The molecule has 0 amide bonds. The van der Waals surface area contributed by atoms with E-state index < -0.39 is 11.6 Å². The van der Waals surface area contributed by atoms with E-state index >= 15 is 0 Å². The lowest BCUT2D eigenvalue weighted by Crippen LogP contribution is -2.40. The molecule has 1 atom stereocenters. The first-order chi connectivity index (χ1) is 7.38. The average molecular weight is 228 g/mol. The Kier molecular flexibility index (Phi) is 4.74. The predicted octanol–water partition coefficient (Wildman–Crippen LogP) is 1.05.